The molecule has 11 heteroatoms. The molecule has 7 nitrogen and oxygen atoms in total. The van der Waals surface area contributed by atoms with E-state index in [0.717, 1.165) is 6.26 Å². The predicted octanol–water partition coefficient (Wildman–Crippen LogP) is 1.73. The molecule has 0 unspecified atom stereocenters. The van der Waals surface area contributed by atoms with Gasteiger partial charge in [-0.05, 0) is 23.3 Å². The summed E-state index contributed by atoms with van der Waals surface area (Å²) in [6, 6.07) is 11.8. The fraction of sp³-hybridized carbons (Fsp3) is 0.294. The Labute approximate surface area is 160 Å². The van der Waals surface area contributed by atoms with E-state index in [1.54, 1.807) is 54.1 Å². The van der Waals surface area contributed by atoms with Gasteiger partial charge >= 0.3 is 12.1 Å². The van der Waals surface area contributed by atoms with Gasteiger partial charge in [-0.2, -0.15) is 17.5 Å². The largest absolute Gasteiger partial charge is 0.472 e. The van der Waals surface area contributed by atoms with Crippen molar-refractivity contribution in [2.24, 2.45) is 0 Å². The van der Waals surface area contributed by atoms with Crippen molar-refractivity contribution in [2.45, 2.75) is 25.8 Å². The molecule has 0 aliphatic carbocycles. The molecule has 28 heavy (non-hydrogen) atoms. The fourth-order valence-corrected chi connectivity index (χ4v) is 2.98. The highest BCUT2D eigenvalue weighted by molar-refractivity contribution is 7.88. The van der Waals surface area contributed by atoms with E-state index in [1.165, 1.54) is 4.31 Å². The maximum atomic E-state index is 12.1. The van der Waals surface area contributed by atoms with Crippen molar-refractivity contribution in [3.05, 3.63) is 65.5 Å². The summed E-state index contributed by atoms with van der Waals surface area (Å²) in [6.45, 7) is 0.214. The van der Waals surface area contributed by atoms with Crippen LogP contribution < -0.4 is 10.9 Å². The summed E-state index contributed by atoms with van der Waals surface area (Å²) in [4.78, 5) is 14.8. The number of nitrogens with zero attached hydrogens (tertiary/aromatic N) is 2. The van der Waals surface area contributed by atoms with E-state index >= 15 is 0 Å². The molecule has 152 valence electrons. The Morgan fingerprint density at radius 3 is 2.25 bits per heavy atom. The molecule has 0 fully saturated rings. The summed E-state index contributed by atoms with van der Waals surface area (Å²) in [5.74, 6) is -2.08. The van der Waals surface area contributed by atoms with Crippen LogP contribution in [-0.2, 0) is 34.5 Å². The van der Waals surface area contributed by atoms with Crippen LogP contribution in [0, 0.1) is 0 Å². The topological polar surface area (TPSA) is 91.4 Å². The molecule has 2 N–H and O–H groups in total. The molecule has 1 aromatic heterocycles. The molecule has 1 amide bonds. The van der Waals surface area contributed by atoms with Crippen LogP contribution in [0.25, 0.3) is 0 Å². The monoisotopic (exact) mass is 416 g/mol. The van der Waals surface area contributed by atoms with Crippen LogP contribution in [0.3, 0.4) is 0 Å². The molecule has 2 rings (SSSR count). The Hall–Kier alpha value is -2.50. The Morgan fingerprint density at radius 2 is 1.71 bits per heavy atom. The molecule has 2 aromatic rings. The molecule has 0 atom stereocenters. The van der Waals surface area contributed by atoms with Gasteiger partial charge in [0.25, 0.3) is 0 Å². The van der Waals surface area contributed by atoms with E-state index < -0.39 is 22.1 Å². The Kier molecular flexibility index (Phi) is 7.11. The summed E-state index contributed by atoms with van der Waals surface area (Å²) in [5.41, 5.74) is 5.66. The van der Waals surface area contributed by atoms with Gasteiger partial charge in [-0.25, -0.2) is 13.8 Å². The van der Waals surface area contributed by atoms with Gasteiger partial charge in [-0.1, -0.05) is 30.3 Å². The first-order chi connectivity index (χ1) is 13.1. The van der Waals surface area contributed by atoms with E-state index in [0.29, 0.717) is 16.8 Å². The predicted molar refractivity (Wildman–Crippen MR) is 95.8 cm³/mol. The number of sulfonamides is 1. The van der Waals surface area contributed by atoms with Crippen LogP contribution >= 0.6 is 0 Å². The number of hydrazine groups is 1. The summed E-state index contributed by atoms with van der Waals surface area (Å²) in [6.07, 6.45) is -2.27. The molecular formula is C17H19F3N4O3S. The molecular weight excluding hydrogens is 397 g/mol. The fourth-order valence-electron chi connectivity index (χ4n) is 2.23. The highest BCUT2D eigenvalue weighted by atomic mass is 32.2. The highest BCUT2D eigenvalue weighted by Crippen LogP contribution is 2.14. The Morgan fingerprint density at radius 1 is 1.07 bits per heavy atom. The molecule has 0 saturated heterocycles. The minimum Gasteiger partial charge on any atom is -0.283 e. The molecule has 0 aliphatic heterocycles. The number of rotatable bonds is 8. The van der Waals surface area contributed by atoms with E-state index in [4.69, 9.17) is 0 Å². The molecule has 0 radical (unpaired) electrons. The lowest BCUT2D eigenvalue weighted by atomic mass is 10.1. The molecule has 1 heterocycles. The number of hydrogen-bond acceptors (Lipinski definition) is 5. The van der Waals surface area contributed by atoms with Gasteiger partial charge in [0.05, 0.1) is 18.5 Å². The maximum Gasteiger partial charge on any atom is 0.472 e. The van der Waals surface area contributed by atoms with Gasteiger partial charge in [0.15, 0.2) is 0 Å². The first-order valence-corrected chi connectivity index (χ1v) is 9.93. The standard InChI is InChI=1S/C17H19F3N4O3S/c1-28(26,27)24(12-15-4-2-3-9-21-15)11-14-7-5-13(6-8-14)10-22-23-16(25)17(18,19)20/h2-9,22H,10-12H2,1H3,(H,23,25). The molecule has 1 aromatic carbocycles. The molecule has 0 bridgehead atoms. The second-order valence-electron chi connectivity index (χ2n) is 5.97. The average molecular weight is 416 g/mol. The highest BCUT2D eigenvalue weighted by Gasteiger charge is 2.38. The van der Waals surface area contributed by atoms with E-state index in [2.05, 4.69) is 10.4 Å². The second kappa shape index (κ2) is 9.13. The quantitative estimate of drug-likeness (QED) is 0.640. The summed E-state index contributed by atoms with van der Waals surface area (Å²) in [5, 5.41) is 0. The van der Waals surface area contributed by atoms with E-state index in [-0.39, 0.29) is 19.6 Å². The Bertz CT molecular complexity index is 888. The summed E-state index contributed by atoms with van der Waals surface area (Å²) in [7, 11) is -3.48. The number of aromatic nitrogens is 1. The smallest absolute Gasteiger partial charge is 0.283 e. The number of amides is 1. The zero-order valence-corrected chi connectivity index (χ0v) is 15.7. The van der Waals surface area contributed by atoms with Crippen molar-refractivity contribution >= 4 is 15.9 Å². The minimum absolute atomic E-state index is 0.0220. The zero-order valence-electron chi connectivity index (χ0n) is 14.9. The zero-order chi connectivity index (χ0) is 20.8. The molecule has 0 aliphatic rings. The van der Waals surface area contributed by atoms with Crippen LogP contribution in [0.1, 0.15) is 16.8 Å². The number of alkyl halides is 3. The number of carbonyl (C=O) groups excluding carboxylic acids is 1. The van der Waals surface area contributed by atoms with Crippen molar-refractivity contribution in [2.75, 3.05) is 6.26 Å². The Balaban J connectivity index is 1.96. The number of halogens is 3. The minimum atomic E-state index is -4.96. The molecule has 0 saturated carbocycles. The lowest BCUT2D eigenvalue weighted by Gasteiger charge is -2.20. The number of pyridine rings is 1. The lowest BCUT2D eigenvalue weighted by Crippen LogP contribution is -2.44. The van der Waals surface area contributed by atoms with Crippen LogP contribution in [0.4, 0.5) is 13.2 Å². The number of hydrogen-bond donors (Lipinski definition) is 2. The first kappa shape index (κ1) is 21.8. The lowest BCUT2D eigenvalue weighted by molar-refractivity contribution is -0.174. The van der Waals surface area contributed by atoms with E-state index in [1.807, 2.05) is 0 Å². The van der Waals surface area contributed by atoms with Gasteiger partial charge in [0.1, 0.15) is 0 Å². The van der Waals surface area contributed by atoms with Crippen LogP contribution in [-0.4, -0.2) is 36.0 Å². The van der Waals surface area contributed by atoms with Crippen LogP contribution in [0.5, 0.6) is 0 Å². The summed E-state index contributed by atoms with van der Waals surface area (Å²) < 4.78 is 61.6. The average Bonchev–Trinajstić information content (AvgIpc) is 2.62. The van der Waals surface area contributed by atoms with Crippen LogP contribution in [0.15, 0.2) is 48.7 Å². The third-order valence-corrected chi connectivity index (χ3v) is 4.86. The number of nitrogens with one attached hydrogen (secondary N) is 2. The third-order valence-electron chi connectivity index (χ3n) is 3.67. The first-order valence-electron chi connectivity index (χ1n) is 8.08. The molecule has 0 spiro atoms. The van der Waals surface area contributed by atoms with Crippen molar-refractivity contribution in [1.29, 1.82) is 0 Å². The number of benzene rings is 1. The van der Waals surface area contributed by atoms with Crippen molar-refractivity contribution in [3.8, 4) is 0 Å². The SMILES string of the molecule is CS(=O)(=O)N(Cc1ccc(CNNC(=O)C(F)(F)F)cc1)Cc1ccccn1. The normalized spacial score (nSPS) is 12.2. The van der Waals surface area contributed by atoms with Crippen molar-refractivity contribution < 1.29 is 26.4 Å². The van der Waals surface area contributed by atoms with Gasteiger partial charge in [0, 0.05) is 19.3 Å². The maximum absolute atomic E-state index is 12.1. The second-order valence-corrected chi connectivity index (χ2v) is 7.96. The van der Waals surface area contributed by atoms with E-state index in [9.17, 15) is 26.4 Å². The van der Waals surface area contributed by atoms with Gasteiger partial charge in [-0.15, -0.1) is 0 Å². The van der Waals surface area contributed by atoms with Crippen molar-refractivity contribution in [1.82, 2.24) is 20.1 Å². The third kappa shape index (κ3) is 6.91. The van der Waals surface area contributed by atoms with Crippen molar-refractivity contribution in [3.63, 3.8) is 0 Å². The van der Waals surface area contributed by atoms with Gasteiger partial charge in [0.2, 0.25) is 10.0 Å². The van der Waals surface area contributed by atoms with Crippen LogP contribution in [0.2, 0.25) is 0 Å². The van der Waals surface area contributed by atoms with Gasteiger partial charge in [-0.3, -0.25) is 15.2 Å². The van der Waals surface area contributed by atoms with Gasteiger partial charge < -0.3 is 0 Å². The summed E-state index contributed by atoms with van der Waals surface area (Å²) >= 11 is 0. The number of carbonyl (C=O) groups is 1.